The number of amides is 1. The van der Waals surface area contributed by atoms with Crippen molar-refractivity contribution >= 4 is 60.6 Å². The van der Waals surface area contributed by atoms with Crippen LogP contribution >= 0.6 is 43.2 Å². The van der Waals surface area contributed by atoms with Gasteiger partial charge in [-0.3, -0.25) is 4.79 Å². The fraction of sp³-hybridized carbons (Fsp3) is 0.222. The minimum absolute atomic E-state index is 0.000789. The quantitative estimate of drug-likeness (QED) is 0.338. The number of nitrogens with one attached hydrogen (secondary N) is 2. The average Bonchev–Trinajstić information content (AvgIpc) is 3.31. The fourth-order valence-electron chi connectivity index (χ4n) is 3.25. The van der Waals surface area contributed by atoms with Gasteiger partial charge in [0.25, 0.3) is 5.91 Å². The highest BCUT2D eigenvalue weighted by molar-refractivity contribution is 9.11. The Bertz CT molecular complexity index is 1130. The molecule has 0 saturated heterocycles. The highest BCUT2D eigenvalue weighted by Gasteiger charge is 2.48. The predicted molar refractivity (Wildman–Crippen MR) is 112 cm³/mol. The van der Waals surface area contributed by atoms with E-state index in [4.69, 9.17) is 0 Å². The van der Waals surface area contributed by atoms with Crippen LogP contribution in [0.2, 0.25) is 0 Å². The van der Waals surface area contributed by atoms with Crippen molar-refractivity contribution in [3.63, 3.8) is 0 Å². The lowest BCUT2D eigenvalue weighted by molar-refractivity contribution is -0.173. The maximum atomic E-state index is 14.1. The number of carbonyl (C=O) groups is 1. The zero-order valence-electron chi connectivity index (χ0n) is 15.1. The molecule has 0 radical (unpaired) electrons. The first-order valence-electron chi connectivity index (χ1n) is 8.66. The van der Waals surface area contributed by atoms with E-state index >= 15 is 0 Å². The van der Waals surface area contributed by atoms with Crippen LogP contribution in [0.3, 0.4) is 0 Å². The molecule has 3 aromatic rings. The van der Waals surface area contributed by atoms with Crippen LogP contribution in [0.25, 0.3) is 0 Å². The molecule has 164 valence electrons. The van der Waals surface area contributed by atoms with Gasteiger partial charge in [0.15, 0.2) is 17.6 Å². The molecule has 5 nitrogen and oxygen atoms in total. The highest BCUT2D eigenvalue weighted by Crippen LogP contribution is 2.47. The first-order valence-corrected chi connectivity index (χ1v) is 11.1. The maximum absolute atomic E-state index is 14.1. The minimum atomic E-state index is -4.61. The molecule has 0 aliphatic carbocycles. The minimum Gasteiger partial charge on any atom is -0.362 e. The third-order valence-electron chi connectivity index (χ3n) is 4.64. The summed E-state index contributed by atoms with van der Waals surface area (Å²) in [5, 5.41) is 10.8. The number of nitrogens with zero attached hydrogens (tertiary/aromatic N) is 2. The molecular formula is C18H11Br2F5N4OS. The van der Waals surface area contributed by atoms with Gasteiger partial charge in [-0.1, -0.05) is 6.07 Å². The summed E-state index contributed by atoms with van der Waals surface area (Å²) in [6, 6.07) is 2.37. The molecule has 1 aliphatic heterocycles. The van der Waals surface area contributed by atoms with E-state index in [0.717, 1.165) is 6.07 Å². The van der Waals surface area contributed by atoms with Gasteiger partial charge in [-0.15, -0.1) is 11.3 Å². The maximum Gasteiger partial charge on any atom is 0.410 e. The molecule has 31 heavy (non-hydrogen) atoms. The van der Waals surface area contributed by atoms with E-state index < -0.39 is 35.8 Å². The van der Waals surface area contributed by atoms with Crippen molar-refractivity contribution in [2.45, 2.75) is 24.7 Å². The number of aromatic nitrogens is 2. The van der Waals surface area contributed by atoms with E-state index in [0.29, 0.717) is 15.6 Å². The van der Waals surface area contributed by atoms with Crippen molar-refractivity contribution in [1.82, 2.24) is 9.78 Å². The number of thiophene rings is 1. The summed E-state index contributed by atoms with van der Waals surface area (Å²) in [6.07, 6.45) is -4.93. The standard InChI is InChI=1S/C18H11Br2F5N4OS/c19-8-4-7(21)5-9(22)14(8)27-17(30)15-13(20)16-26-10(11-2-1-3-31-11)6-12(18(23,24)25)29(16)28-15/h1-5,10,12,26H,6H2,(H,27,30). The van der Waals surface area contributed by atoms with Gasteiger partial charge in [-0.05, 0) is 49.4 Å². The second-order valence-corrected chi connectivity index (χ2v) is 9.29. The van der Waals surface area contributed by atoms with Gasteiger partial charge in [0.1, 0.15) is 11.6 Å². The lowest BCUT2D eigenvalue weighted by Crippen LogP contribution is -2.35. The molecule has 2 aromatic heterocycles. The number of benzene rings is 1. The van der Waals surface area contributed by atoms with Crippen LogP contribution in [0.15, 0.2) is 38.6 Å². The largest absolute Gasteiger partial charge is 0.410 e. The summed E-state index contributed by atoms with van der Waals surface area (Å²) < 4.78 is 69.3. The Morgan fingerprint density at radius 3 is 2.65 bits per heavy atom. The Hall–Kier alpha value is -1.99. The van der Waals surface area contributed by atoms with Crippen molar-refractivity contribution < 1.29 is 26.7 Å². The molecule has 1 aliphatic rings. The van der Waals surface area contributed by atoms with Crippen molar-refractivity contribution in [2.24, 2.45) is 0 Å². The Kier molecular flexibility index (Phi) is 5.85. The zero-order valence-corrected chi connectivity index (χ0v) is 19.1. The van der Waals surface area contributed by atoms with Gasteiger partial charge in [0.05, 0.1) is 16.2 Å². The third-order valence-corrected chi connectivity index (χ3v) is 7.01. The van der Waals surface area contributed by atoms with Gasteiger partial charge >= 0.3 is 6.18 Å². The van der Waals surface area contributed by atoms with Crippen LogP contribution in [-0.4, -0.2) is 21.9 Å². The number of hydrogen-bond donors (Lipinski definition) is 2. The van der Waals surface area contributed by atoms with Gasteiger partial charge in [0.2, 0.25) is 0 Å². The molecule has 2 unspecified atom stereocenters. The monoisotopic (exact) mass is 584 g/mol. The SMILES string of the molecule is O=C(Nc1c(F)cc(F)cc1Br)c1nn2c(c1Br)NC(c1cccs1)CC2C(F)(F)F. The Morgan fingerprint density at radius 2 is 2.03 bits per heavy atom. The van der Waals surface area contributed by atoms with Crippen LogP contribution in [-0.2, 0) is 0 Å². The van der Waals surface area contributed by atoms with E-state index in [-0.39, 0.29) is 32.6 Å². The number of anilines is 2. The first-order chi connectivity index (χ1) is 14.6. The number of fused-ring (bicyclic) bond motifs is 1. The van der Waals surface area contributed by atoms with E-state index in [1.807, 2.05) is 0 Å². The number of rotatable bonds is 3. The molecule has 4 rings (SSSR count). The summed E-state index contributed by atoms with van der Waals surface area (Å²) in [5.41, 5.74) is -0.736. The zero-order chi connectivity index (χ0) is 22.5. The Morgan fingerprint density at radius 1 is 1.29 bits per heavy atom. The summed E-state index contributed by atoms with van der Waals surface area (Å²) in [6.45, 7) is 0. The molecule has 1 aromatic carbocycles. The summed E-state index contributed by atoms with van der Waals surface area (Å²) in [7, 11) is 0. The molecule has 13 heteroatoms. The lowest BCUT2D eigenvalue weighted by atomic mass is 10.0. The molecule has 2 N–H and O–H groups in total. The second-order valence-electron chi connectivity index (χ2n) is 6.66. The molecule has 2 atom stereocenters. The number of halogens is 7. The van der Waals surface area contributed by atoms with Crippen LogP contribution in [0.5, 0.6) is 0 Å². The Balaban J connectivity index is 1.72. The van der Waals surface area contributed by atoms with Gasteiger partial charge in [-0.2, -0.15) is 18.3 Å². The lowest BCUT2D eigenvalue weighted by Gasteiger charge is -2.33. The van der Waals surface area contributed by atoms with E-state index in [1.165, 1.54) is 11.3 Å². The molecule has 3 heterocycles. The molecule has 0 fully saturated rings. The highest BCUT2D eigenvalue weighted by atomic mass is 79.9. The number of alkyl halides is 3. The van der Waals surface area contributed by atoms with E-state index in [2.05, 4.69) is 47.6 Å². The van der Waals surface area contributed by atoms with Gasteiger partial charge in [-0.25, -0.2) is 13.5 Å². The van der Waals surface area contributed by atoms with Crippen molar-refractivity contribution in [3.05, 3.63) is 60.8 Å². The van der Waals surface area contributed by atoms with Crippen LogP contribution < -0.4 is 10.6 Å². The number of carbonyl (C=O) groups excluding carboxylic acids is 1. The summed E-state index contributed by atoms with van der Waals surface area (Å²) in [5.74, 6) is -2.90. The second kappa shape index (κ2) is 8.17. The molecule has 1 amide bonds. The van der Waals surface area contributed by atoms with Crippen molar-refractivity contribution in [1.29, 1.82) is 0 Å². The topological polar surface area (TPSA) is 59.0 Å². The van der Waals surface area contributed by atoms with Crippen LogP contribution in [0, 0.1) is 11.6 Å². The fourth-order valence-corrected chi connectivity index (χ4v) is 5.10. The normalized spacial score (nSPS) is 18.4. The van der Waals surface area contributed by atoms with E-state index in [9.17, 15) is 26.7 Å². The third kappa shape index (κ3) is 4.22. The molecule has 0 bridgehead atoms. The van der Waals surface area contributed by atoms with E-state index in [1.54, 1.807) is 17.5 Å². The van der Waals surface area contributed by atoms with Crippen LogP contribution in [0.1, 0.15) is 33.9 Å². The average molecular weight is 586 g/mol. The number of hydrogen-bond acceptors (Lipinski definition) is 4. The van der Waals surface area contributed by atoms with Gasteiger partial charge in [0, 0.05) is 21.8 Å². The van der Waals surface area contributed by atoms with Crippen LogP contribution in [0.4, 0.5) is 33.5 Å². The predicted octanol–water partition coefficient (Wildman–Crippen LogP) is 6.66. The molecule has 0 saturated carbocycles. The molecular weight excluding hydrogens is 575 g/mol. The molecule has 0 spiro atoms. The van der Waals surface area contributed by atoms with Gasteiger partial charge < -0.3 is 10.6 Å². The van der Waals surface area contributed by atoms with Crippen molar-refractivity contribution in [2.75, 3.05) is 10.6 Å². The van der Waals surface area contributed by atoms with Crippen molar-refractivity contribution in [3.8, 4) is 0 Å². The smallest absolute Gasteiger partial charge is 0.362 e. The first kappa shape index (κ1) is 22.2. The summed E-state index contributed by atoms with van der Waals surface area (Å²) in [4.78, 5) is 13.4. The summed E-state index contributed by atoms with van der Waals surface area (Å²) >= 11 is 7.41. The Labute approximate surface area is 192 Å².